The van der Waals surface area contributed by atoms with Gasteiger partial charge in [-0.05, 0) is 31.9 Å². The van der Waals surface area contributed by atoms with Gasteiger partial charge in [0.2, 0.25) is 5.76 Å². The topological polar surface area (TPSA) is 112 Å². The summed E-state index contributed by atoms with van der Waals surface area (Å²) in [6.07, 6.45) is 4.97. The molecular weight excluding hydrogens is 456 g/mol. The normalized spacial score (nSPS) is 15.1. The first-order valence-corrected chi connectivity index (χ1v) is 12.4. The summed E-state index contributed by atoms with van der Waals surface area (Å²) in [5.74, 6) is -0.569. The highest BCUT2D eigenvalue weighted by atomic mass is 32.2. The van der Waals surface area contributed by atoms with Crippen molar-refractivity contribution in [3.05, 3.63) is 70.0 Å². The number of esters is 1. The molecule has 1 atom stereocenters. The van der Waals surface area contributed by atoms with E-state index in [-0.39, 0.29) is 17.1 Å². The van der Waals surface area contributed by atoms with Gasteiger partial charge in [0.1, 0.15) is 5.58 Å². The third-order valence-corrected chi connectivity index (χ3v) is 7.27. The van der Waals surface area contributed by atoms with E-state index in [1.807, 2.05) is 30.0 Å². The summed E-state index contributed by atoms with van der Waals surface area (Å²) >= 11 is 1.83. The number of ether oxygens (including phenoxy) is 1. The van der Waals surface area contributed by atoms with Crippen molar-refractivity contribution in [1.82, 2.24) is 0 Å². The average molecular weight is 483 g/mol. The molecule has 178 valence electrons. The van der Waals surface area contributed by atoms with Gasteiger partial charge < -0.3 is 14.5 Å². The summed E-state index contributed by atoms with van der Waals surface area (Å²) in [6, 6.07) is 13.0. The maximum atomic E-state index is 13.0. The molecule has 0 bridgehead atoms. The zero-order valence-electron chi connectivity index (χ0n) is 18.8. The molecule has 2 aromatic carbocycles. The molecule has 1 heterocycles. The Morgan fingerprint density at radius 1 is 1.18 bits per heavy atom. The number of fused-ring (bicyclic) bond motifs is 1. The minimum Gasteiger partial charge on any atom is -0.449 e. The smallest absolute Gasteiger partial charge is 0.375 e. The Labute approximate surface area is 201 Å². The third kappa shape index (κ3) is 5.59. The second kappa shape index (κ2) is 10.7. The van der Waals surface area contributed by atoms with E-state index in [1.165, 1.54) is 63.3 Å². The maximum absolute atomic E-state index is 13.0. The fourth-order valence-electron chi connectivity index (χ4n) is 4.05. The molecule has 9 heteroatoms. The lowest BCUT2D eigenvalue weighted by molar-refractivity contribution is -0.384. The van der Waals surface area contributed by atoms with Gasteiger partial charge in [0.15, 0.2) is 6.10 Å². The molecule has 1 unspecified atom stereocenters. The van der Waals surface area contributed by atoms with Gasteiger partial charge in [-0.25, -0.2) is 4.79 Å². The standard InChI is InChI=1S/C25H26N2O6S/c1-16(24(28)26-17-8-7-9-18(14-17)27(30)31)32-25(29)23-21(15-34-19-10-3-2-4-11-19)20-12-5-6-13-22(20)33-23/h5-9,12-14,16,19H,2-4,10-11,15H2,1H3,(H,26,28). The van der Waals surface area contributed by atoms with Crippen LogP contribution in [0.5, 0.6) is 0 Å². The molecule has 3 aromatic rings. The second-order valence-corrected chi connectivity index (χ2v) is 9.61. The first-order chi connectivity index (χ1) is 16.4. The van der Waals surface area contributed by atoms with Crippen molar-refractivity contribution in [1.29, 1.82) is 0 Å². The van der Waals surface area contributed by atoms with Gasteiger partial charge >= 0.3 is 5.97 Å². The number of benzene rings is 2. The number of para-hydroxylation sites is 1. The average Bonchev–Trinajstić information content (AvgIpc) is 3.22. The number of amides is 1. The number of nitro groups is 1. The Morgan fingerprint density at radius 3 is 2.71 bits per heavy atom. The number of hydrogen-bond donors (Lipinski definition) is 1. The van der Waals surface area contributed by atoms with Crippen LogP contribution in [0.1, 0.15) is 55.1 Å². The van der Waals surface area contributed by atoms with E-state index in [0.717, 1.165) is 10.9 Å². The molecule has 1 aromatic heterocycles. The van der Waals surface area contributed by atoms with Crippen LogP contribution < -0.4 is 5.32 Å². The van der Waals surface area contributed by atoms with Gasteiger partial charge in [0.25, 0.3) is 11.6 Å². The SMILES string of the molecule is CC(OC(=O)c1oc2ccccc2c1CSC1CCCCC1)C(=O)Nc1cccc([N+](=O)[O-])c1. The number of rotatable bonds is 8. The van der Waals surface area contributed by atoms with Gasteiger partial charge in [-0.1, -0.05) is 43.5 Å². The van der Waals surface area contributed by atoms with Crippen molar-refractivity contribution in [2.75, 3.05) is 5.32 Å². The highest BCUT2D eigenvalue weighted by molar-refractivity contribution is 7.99. The van der Waals surface area contributed by atoms with Gasteiger partial charge in [-0.15, -0.1) is 0 Å². The number of nitro benzene ring substituents is 1. The molecule has 1 aliphatic rings. The van der Waals surface area contributed by atoms with E-state index in [0.29, 0.717) is 16.6 Å². The van der Waals surface area contributed by atoms with Crippen molar-refractivity contribution in [3.63, 3.8) is 0 Å². The molecule has 1 fully saturated rings. The molecule has 1 N–H and O–H groups in total. The van der Waals surface area contributed by atoms with Crippen molar-refractivity contribution in [2.24, 2.45) is 0 Å². The van der Waals surface area contributed by atoms with E-state index >= 15 is 0 Å². The molecule has 0 radical (unpaired) electrons. The number of carbonyl (C=O) groups excluding carboxylic acids is 2. The van der Waals surface area contributed by atoms with Crippen LogP contribution in [-0.2, 0) is 15.3 Å². The molecule has 34 heavy (non-hydrogen) atoms. The third-order valence-electron chi connectivity index (χ3n) is 5.88. The Bertz CT molecular complexity index is 1200. The van der Waals surface area contributed by atoms with Crippen LogP contribution in [0.25, 0.3) is 11.0 Å². The molecule has 0 saturated heterocycles. The lowest BCUT2D eigenvalue weighted by Gasteiger charge is -2.20. The van der Waals surface area contributed by atoms with Crippen LogP contribution in [0.4, 0.5) is 11.4 Å². The van der Waals surface area contributed by atoms with E-state index in [4.69, 9.17) is 9.15 Å². The minimum atomic E-state index is -1.13. The molecule has 4 rings (SSSR count). The summed E-state index contributed by atoms with van der Waals surface area (Å²) < 4.78 is 11.3. The number of furan rings is 1. The highest BCUT2D eigenvalue weighted by Gasteiger charge is 2.27. The van der Waals surface area contributed by atoms with Crippen LogP contribution in [-0.4, -0.2) is 28.2 Å². The predicted octanol–water partition coefficient (Wildman–Crippen LogP) is 6.09. The van der Waals surface area contributed by atoms with Crippen molar-refractivity contribution in [2.45, 2.75) is 56.1 Å². The van der Waals surface area contributed by atoms with Crippen LogP contribution in [0.2, 0.25) is 0 Å². The second-order valence-electron chi connectivity index (χ2n) is 8.32. The van der Waals surface area contributed by atoms with E-state index in [1.54, 1.807) is 6.07 Å². The molecule has 8 nitrogen and oxygen atoms in total. The molecule has 1 aliphatic carbocycles. The van der Waals surface area contributed by atoms with Crippen molar-refractivity contribution in [3.8, 4) is 0 Å². The fraction of sp³-hybridized carbons (Fsp3) is 0.360. The number of nitrogens with one attached hydrogen (secondary N) is 1. The minimum absolute atomic E-state index is 0.111. The van der Waals surface area contributed by atoms with Crippen LogP contribution in [0.15, 0.2) is 52.9 Å². The zero-order valence-corrected chi connectivity index (χ0v) is 19.6. The number of carbonyl (C=O) groups is 2. The Morgan fingerprint density at radius 2 is 1.94 bits per heavy atom. The zero-order chi connectivity index (χ0) is 24.1. The Balaban J connectivity index is 1.46. The quantitative estimate of drug-likeness (QED) is 0.235. The Kier molecular flexibility index (Phi) is 7.52. The number of hydrogen-bond acceptors (Lipinski definition) is 7. The first kappa shape index (κ1) is 23.8. The molecule has 0 aliphatic heterocycles. The van der Waals surface area contributed by atoms with Gasteiger partial charge in [-0.2, -0.15) is 11.8 Å². The summed E-state index contributed by atoms with van der Waals surface area (Å²) in [5.41, 5.74) is 1.48. The number of anilines is 1. The number of non-ortho nitro benzene ring substituents is 1. The molecular formula is C25H26N2O6S. The summed E-state index contributed by atoms with van der Waals surface area (Å²) in [6.45, 7) is 1.45. The van der Waals surface area contributed by atoms with Crippen LogP contribution >= 0.6 is 11.8 Å². The summed E-state index contributed by atoms with van der Waals surface area (Å²) in [4.78, 5) is 36.0. The van der Waals surface area contributed by atoms with Crippen molar-refractivity contribution >= 4 is 46.0 Å². The van der Waals surface area contributed by atoms with Gasteiger partial charge in [-0.3, -0.25) is 14.9 Å². The number of nitrogens with zero attached hydrogens (tertiary/aromatic N) is 1. The summed E-state index contributed by atoms with van der Waals surface area (Å²) in [7, 11) is 0. The van der Waals surface area contributed by atoms with Gasteiger partial charge in [0, 0.05) is 39.8 Å². The van der Waals surface area contributed by atoms with Crippen LogP contribution in [0.3, 0.4) is 0 Å². The molecule has 0 spiro atoms. The highest BCUT2D eigenvalue weighted by Crippen LogP contribution is 2.35. The number of thioether (sulfide) groups is 1. The predicted molar refractivity (Wildman–Crippen MR) is 131 cm³/mol. The lowest BCUT2D eigenvalue weighted by atomic mass is 10.0. The summed E-state index contributed by atoms with van der Waals surface area (Å²) in [5, 5.41) is 14.9. The molecule has 1 saturated carbocycles. The Hall–Kier alpha value is -3.33. The molecule has 1 amide bonds. The maximum Gasteiger partial charge on any atom is 0.375 e. The monoisotopic (exact) mass is 482 g/mol. The van der Waals surface area contributed by atoms with E-state index in [2.05, 4.69) is 5.32 Å². The largest absolute Gasteiger partial charge is 0.449 e. The van der Waals surface area contributed by atoms with E-state index < -0.39 is 22.9 Å². The van der Waals surface area contributed by atoms with E-state index in [9.17, 15) is 19.7 Å². The van der Waals surface area contributed by atoms with Crippen LogP contribution in [0, 0.1) is 10.1 Å². The van der Waals surface area contributed by atoms with Gasteiger partial charge in [0.05, 0.1) is 4.92 Å². The lowest BCUT2D eigenvalue weighted by Crippen LogP contribution is -2.30. The first-order valence-electron chi connectivity index (χ1n) is 11.3. The fourth-order valence-corrected chi connectivity index (χ4v) is 5.40. The van der Waals surface area contributed by atoms with Crippen molar-refractivity contribution < 1.29 is 23.7 Å².